The number of carbonyl (C=O) groups is 2. The van der Waals surface area contributed by atoms with Gasteiger partial charge < -0.3 is 14.8 Å². The van der Waals surface area contributed by atoms with Crippen molar-refractivity contribution < 1.29 is 19.1 Å². The maximum absolute atomic E-state index is 12.9. The van der Waals surface area contributed by atoms with Crippen LogP contribution in [0.25, 0.3) is 0 Å². The van der Waals surface area contributed by atoms with Crippen LogP contribution in [0.15, 0.2) is 72.8 Å². The summed E-state index contributed by atoms with van der Waals surface area (Å²) >= 11 is 6.08. The van der Waals surface area contributed by atoms with Crippen molar-refractivity contribution >= 4 is 29.0 Å². The van der Waals surface area contributed by atoms with E-state index in [4.69, 9.17) is 21.1 Å². The minimum atomic E-state index is -0.794. The SMILES string of the molecule is COc1cccc(O[C@H](C)C(=O)Nc2ccc(Cl)cc2C(=O)c2ccccc2)c1. The molecule has 0 fully saturated rings. The maximum Gasteiger partial charge on any atom is 0.265 e. The van der Waals surface area contributed by atoms with E-state index < -0.39 is 12.0 Å². The monoisotopic (exact) mass is 409 g/mol. The molecule has 3 aromatic rings. The number of ketones is 1. The molecule has 29 heavy (non-hydrogen) atoms. The van der Waals surface area contributed by atoms with Crippen molar-refractivity contribution in [2.75, 3.05) is 12.4 Å². The first kappa shape index (κ1) is 20.4. The van der Waals surface area contributed by atoms with Crippen LogP contribution in [0.2, 0.25) is 5.02 Å². The summed E-state index contributed by atoms with van der Waals surface area (Å²) in [5.41, 5.74) is 1.19. The molecular formula is C23H20ClNO4. The predicted molar refractivity (Wildman–Crippen MR) is 113 cm³/mol. The summed E-state index contributed by atoms with van der Waals surface area (Å²) in [7, 11) is 1.56. The first-order valence-electron chi connectivity index (χ1n) is 8.99. The fourth-order valence-electron chi connectivity index (χ4n) is 2.72. The lowest BCUT2D eigenvalue weighted by atomic mass is 10.0. The highest BCUT2D eigenvalue weighted by Crippen LogP contribution is 2.25. The average Bonchev–Trinajstić information content (AvgIpc) is 2.75. The van der Waals surface area contributed by atoms with E-state index in [0.717, 1.165) is 0 Å². The average molecular weight is 410 g/mol. The van der Waals surface area contributed by atoms with Crippen LogP contribution in [-0.4, -0.2) is 24.9 Å². The van der Waals surface area contributed by atoms with E-state index in [1.807, 2.05) is 6.07 Å². The molecule has 1 atom stereocenters. The van der Waals surface area contributed by atoms with Crippen LogP contribution in [0.1, 0.15) is 22.8 Å². The molecular weight excluding hydrogens is 390 g/mol. The predicted octanol–water partition coefficient (Wildman–Crippen LogP) is 4.99. The number of rotatable bonds is 7. The Morgan fingerprint density at radius 2 is 1.66 bits per heavy atom. The van der Waals surface area contributed by atoms with Gasteiger partial charge in [0.2, 0.25) is 0 Å². The zero-order valence-corrected chi connectivity index (χ0v) is 16.8. The van der Waals surface area contributed by atoms with E-state index in [1.54, 1.807) is 80.8 Å². The molecule has 0 bridgehead atoms. The van der Waals surface area contributed by atoms with Gasteiger partial charge in [-0.1, -0.05) is 48.0 Å². The van der Waals surface area contributed by atoms with Gasteiger partial charge in [0, 0.05) is 22.2 Å². The molecule has 0 radical (unpaired) electrons. The highest BCUT2D eigenvalue weighted by molar-refractivity contribution is 6.31. The van der Waals surface area contributed by atoms with Gasteiger partial charge in [-0.3, -0.25) is 9.59 Å². The molecule has 0 aliphatic rings. The Bertz CT molecular complexity index is 1020. The van der Waals surface area contributed by atoms with Gasteiger partial charge in [0.1, 0.15) is 11.5 Å². The number of amides is 1. The molecule has 3 rings (SSSR count). The standard InChI is InChI=1S/C23H20ClNO4/c1-15(29-19-10-6-9-18(14-19)28-2)23(27)25-21-12-11-17(24)13-20(21)22(26)16-7-4-3-5-8-16/h3-15H,1-2H3,(H,25,27)/t15-/m1/s1. The van der Waals surface area contributed by atoms with Crippen molar-refractivity contribution in [3.63, 3.8) is 0 Å². The molecule has 0 saturated heterocycles. The van der Waals surface area contributed by atoms with Gasteiger partial charge in [-0.2, -0.15) is 0 Å². The molecule has 0 aliphatic heterocycles. The van der Waals surface area contributed by atoms with Crippen molar-refractivity contribution in [1.82, 2.24) is 0 Å². The molecule has 0 saturated carbocycles. The third-order valence-corrected chi connectivity index (χ3v) is 4.48. The summed E-state index contributed by atoms with van der Waals surface area (Å²) in [4.78, 5) is 25.5. The van der Waals surface area contributed by atoms with Crippen LogP contribution in [0, 0.1) is 0 Å². The molecule has 148 valence electrons. The van der Waals surface area contributed by atoms with Crippen LogP contribution in [-0.2, 0) is 4.79 Å². The summed E-state index contributed by atoms with van der Waals surface area (Å²) in [6, 6.07) is 20.6. The lowest BCUT2D eigenvalue weighted by Crippen LogP contribution is -2.30. The number of methoxy groups -OCH3 is 1. The number of benzene rings is 3. The Kier molecular flexibility index (Phi) is 6.52. The van der Waals surface area contributed by atoms with E-state index in [2.05, 4.69) is 5.32 Å². The van der Waals surface area contributed by atoms with E-state index in [1.165, 1.54) is 0 Å². The highest BCUT2D eigenvalue weighted by atomic mass is 35.5. The van der Waals surface area contributed by atoms with Crippen molar-refractivity contribution in [3.8, 4) is 11.5 Å². The number of nitrogens with one attached hydrogen (secondary N) is 1. The zero-order chi connectivity index (χ0) is 20.8. The molecule has 1 amide bonds. The summed E-state index contributed by atoms with van der Waals surface area (Å²) in [5, 5.41) is 3.17. The Labute approximate surface area is 174 Å². The second kappa shape index (κ2) is 9.26. The molecule has 1 N–H and O–H groups in total. The number of hydrogen-bond acceptors (Lipinski definition) is 4. The highest BCUT2D eigenvalue weighted by Gasteiger charge is 2.20. The van der Waals surface area contributed by atoms with Crippen molar-refractivity contribution in [3.05, 3.63) is 88.9 Å². The summed E-state index contributed by atoms with van der Waals surface area (Å²) < 4.78 is 10.9. The second-order valence-corrected chi connectivity index (χ2v) is 6.75. The van der Waals surface area contributed by atoms with Crippen molar-refractivity contribution in [2.45, 2.75) is 13.0 Å². The number of hydrogen-bond donors (Lipinski definition) is 1. The van der Waals surface area contributed by atoms with Crippen molar-refractivity contribution in [1.29, 1.82) is 0 Å². The Morgan fingerprint density at radius 3 is 2.38 bits per heavy atom. The fourth-order valence-corrected chi connectivity index (χ4v) is 2.90. The topological polar surface area (TPSA) is 64.6 Å². The van der Waals surface area contributed by atoms with E-state index >= 15 is 0 Å². The number of carbonyl (C=O) groups excluding carboxylic acids is 2. The lowest BCUT2D eigenvalue weighted by molar-refractivity contribution is -0.122. The van der Waals surface area contributed by atoms with E-state index in [0.29, 0.717) is 33.3 Å². The van der Waals surface area contributed by atoms with Crippen LogP contribution < -0.4 is 14.8 Å². The van der Waals surface area contributed by atoms with Gasteiger partial charge >= 0.3 is 0 Å². The molecule has 0 aliphatic carbocycles. The second-order valence-electron chi connectivity index (χ2n) is 6.31. The maximum atomic E-state index is 12.9. The third-order valence-electron chi connectivity index (χ3n) is 4.24. The Balaban J connectivity index is 1.78. The first-order valence-corrected chi connectivity index (χ1v) is 9.36. The van der Waals surface area contributed by atoms with Crippen LogP contribution in [0.3, 0.4) is 0 Å². The fraction of sp³-hybridized carbons (Fsp3) is 0.130. The van der Waals surface area contributed by atoms with Gasteiger partial charge in [-0.05, 0) is 37.3 Å². The van der Waals surface area contributed by atoms with E-state index in [-0.39, 0.29) is 5.78 Å². The largest absolute Gasteiger partial charge is 0.497 e. The number of halogens is 1. The third kappa shape index (κ3) is 5.15. The van der Waals surface area contributed by atoms with Crippen LogP contribution in [0.5, 0.6) is 11.5 Å². The Morgan fingerprint density at radius 1 is 0.931 bits per heavy atom. The smallest absolute Gasteiger partial charge is 0.265 e. The van der Waals surface area contributed by atoms with Crippen molar-refractivity contribution in [2.24, 2.45) is 0 Å². The lowest BCUT2D eigenvalue weighted by Gasteiger charge is -2.17. The van der Waals surface area contributed by atoms with Crippen LogP contribution >= 0.6 is 11.6 Å². The molecule has 0 aromatic heterocycles. The first-order chi connectivity index (χ1) is 14.0. The van der Waals surface area contributed by atoms with Gasteiger partial charge in [0.15, 0.2) is 11.9 Å². The Hall–Kier alpha value is -3.31. The van der Waals surface area contributed by atoms with Crippen LogP contribution in [0.4, 0.5) is 5.69 Å². The summed E-state index contributed by atoms with van der Waals surface area (Å²) in [5.74, 6) is 0.509. The summed E-state index contributed by atoms with van der Waals surface area (Å²) in [6.07, 6.45) is -0.794. The minimum absolute atomic E-state index is 0.232. The van der Waals surface area contributed by atoms with Gasteiger partial charge in [-0.15, -0.1) is 0 Å². The normalized spacial score (nSPS) is 11.4. The zero-order valence-electron chi connectivity index (χ0n) is 16.0. The molecule has 6 heteroatoms. The minimum Gasteiger partial charge on any atom is -0.497 e. The molecule has 0 spiro atoms. The molecule has 3 aromatic carbocycles. The van der Waals surface area contributed by atoms with Gasteiger partial charge in [0.05, 0.1) is 12.8 Å². The quantitative estimate of drug-likeness (QED) is 0.558. The number of anilines is 1. The number of ether oxygens (including phenoxy) is 2. The van der Waals surface area contributed by atoms with Gasteiger partial charge in [0.25, 0.3) is 5.91 Å². The molecule has 5 nitrogen and oxygen atoms in total. The summed E-state index contributed by atoms with van der Waals surface area (Å²) in [6.45, 7) is 1.63. The van der Waals surface area contributed by atoms with E-state index in [9.17, 15) is 9.59 Å². The molecule has 0 unspecified atom stereocenters. The van der Waals surface area contributed by atoms with Gasteiger partial charge in [-0.25, -0.2) is 0 Å². The molecule has 0 heterocycles.